The molecular formula is C34H37Cl2FN4O3. The van der Waals surface area contributed by atoms with Crippen LogP contribution in [0.1, 0.15) is 35.2 Å². The first-order valence-corrected chi connectivity index (χ1v) is 15.9. The topological polar surface area (TPSA) is 59.0 Å². The zero-order valence-electron chi connectivity index (χ0n) is 24.8. The molecule has 3 saturated heterocycles. The van der Waals surface area contributed by atoms with Crippen molar-refractivity contribution in [3.05, 3.63) is 93.8 Å². The molecule has 2 atom stereocenters. The number of aryl methyl sites for hydroxylation is 1. The van der Waals surface area contributed by atoms with E-state index in [9.17, 15) is 9.18 Å². The minimum absolute atomic E-state index is 0.148. The summed E-state index contributed by atoms with van der Waals surface area (Å²) < 4.78 is 26.9. The summed E-state index contributed by atoms with van der Waals surface area (Å²) in [5, 5.41) is 4.85. The van der Waals surface area contributed by atoms with E-state index >= 15 is 0 Å². The van der Waals surface area contributed by atoms with Crippen molar-refractivity contribution in [3.63, 3.8) is 0 Å². The molecule has 44 heavy (non-hydrogen) atoms. The third-order valence-corrected chi connectivity index (χ3v) is 9.56. The molecule has 0 aliphatic carbocycles. The minimum atomic E-state index is -0.253. The van der Waals surface area contributed by atoms with E-state index in [0.717, 1.165) is 61.4 Å². The lowest BCUT2D eigenvalue weighted by Crippen LogP contribution is -2.63. The molecule has 4 heterocycles. The Kier molecular flexibility index (Phi) is 9.62. The van der Waals surface area contributed by atoms with Gasteiger partial charge in [0, 0.05) is 62.9 Å². The van der Waals surface area contributed by atoms with Crippen LogP contribution >= 0.6 is 23.2 Å². The number of aromatic nitrogens is 1. The van der Waals surface area contributed by atoms with Crippen LogP contribution in [0.2, 0.25) is 10.0 Å². The Hall–Kier alpha value is -3.30. The molecular weight excluding hydrogens is 602 g/mol. The molecule has 3 aliphatic rings. The number of carbonyl (C=O) groups excluding carboxylic acids is 1. The number of hydrogen-bond donors (Lipinski definition) is 1. The molecule has 3 aromatic carbocycles. The number of halogens is 3. The van der Waals surface area contributed by atoms with Crippen molar-refractivity contribution in [3.8, 4) is 11.5 Å². The van der Waals surface area contributed by atoms with Gasteiger partial charge in [-0.25, -0.2) is 4.39 Å². The van der Waals surface area contributed by atoms with Gasteiger partial charge < -0.3 is 19.4 Å². The van der Waals surface area contributed by atoms with Gasteiger partial charge in [-0.3, -0.25) is 14.6 Å². The average molecular weight is 640 g/mol. The predicted molar refractivity (Wildman–Crippen MR) is 173 cm³/mol. The summed E-state index contributed by atoms with van der Waals surface area (Å²) >= 11 is 12.2. The van der Waals surface area contributed by atoms with Crippen molar-refractivity contribution in [2.75, 3.05) is 39.9 Å². The molecule has 232 valence electrons. The zero-order chi connectivity index (χ0) is 30.6. The first kappa shape index (κ1) is 30.7. The Morgan fingerprint density at radius 1 is 0.955 bits per heavy atom. The number of ether oxygens (including phenoxy) is 2. The van der Waals surface area contributed by atoms with Crippen LogP contribution in [0.5, 0.6) is 11.5 Å². The molecule has 0 radical (unpaired) electrons. The molecule has 7 rings (SSSR count). The quantitative estimate of drug-likeness (QED) is 0.188. The fraction of sp³-hybridized carbons (Fsp3) is 0.382. The highest BCUT2D eigenvalue weighted by Crippen LogP contribution is 2.32. The number of carbonyl (C=O) groups is 1. The third kappa shape index (κ3) is 6.84. The second-order valence-electron chi connectivity index (χ2n) is 11.6. The molecule has 1 aromatic heterocycles. The van der Waals surface area contributed by atoms with E-state index < -0.39 is 0 Å². The molecule has 1 amide bonds. The number of benzene rings is 3. The van der Waals surface area contributed by atoms with Gasteiger partial charge in [-0.05, 0) is 67.3 Å². The maximum atomic E-state index is 13.3. The van der Waals surface area contributed by atoms with Gasteiger partial charge in [0.2, 0.25) is 0 Å². The average Bonchev–Trinajstić information content (AvgIpc) is 3.42. The summed E-state index contributed by atoms with van der Waals surface area (Å²) in [6.07, 6.45) is 5.33. The van der Waals surface area contributed by atoms with Gasteiger partial charge in [-0.15, -0.1) is 0 Å². The number of piperidine rings is 2. The number of amides is 1. The number of hydrogen-bond acceptors (Lipinski definition) is 5. The molecule has 7 nitrogen and oxygen atoms in total. The largest absolute Gasteiger partial charge is 0.495 e. The van der Waals surface area contributed by atoms with Gasteiger partial charge in [-0.1, -0.05) is 41.4 Å². The first-order valence-electron chi connectivity index (χ1n) is 15.1. The summed E-state index contributed by atoms with van der Waals surface area (Å²) in [5.74, 6) is 1.06. The second kappa shape index (κ2) is 13.8. The monoisotopic (exact) mass is 638 g/mol. The first-order chi connectivity index (χ1) is 21.4. The van der Waals surface area contributed by atoms with E-state index in [-0.39, 0.29) is 11.7 Å². The normalized spacial score (nSPS) is 18.5. The molecule has 3 fully saturated rings. The van der Waals surface area contributed by atoms with E-state index in [1.807, 2.05) is 30.5 Å². The van der Waals surface area contributed by atoms with E-state index in [0.29, 0.717) is 46.6 Å². The van der Waals surface area contributed by atoms with Crippen molar-refractivity contribution < 1.29 is 18.7 Å². The summed E-state index contributed by atoms with van der Waals surface area (Å²) in [6.45, 7) is 5.69. The van der Waals surface area contributed by atoms with Crippen LogP contribution in [0, 0.1) is 5.82 Å². The smallest absolute Gasteiger partial charge is 0.253 e. The fourth-order valence-corrected chi connectivity index (χ4v) is 6.90. The Balaban J connectivity index is 1.05. The van der Waals surface area contributed by atoms with Crippen molar-refractivity contribution in [2.24, 2.45) is 0 Å². The van der Waals surface area contributed by atoms with E-state index in [1.165, 1.54) is 25.0 Å². The van der Waals surface area contributed by atoms with Crippen molar-refractivity contribution in [1.82, 2.24) is 19.7 Å². The lowest BCUT2D eigenvalue weighted by molar-refractivity contribution is -0.0259. The summed E-state index contributed by atoms with van der Waals surface area (Å²) in [5.41, 5.74) is 2.43. The molecule has 10 heteroatoms. The highest BCUT2D eigenvalue weighted by atomic mass is 35.5. The molecule has 0 saturated carbocycles. The van der Waals surface area contributed by atoms with Crippen LogP contribution in [0.3, 0.4) is 0 Å². The number of fused-ring (bicyclic) bond motifs is 4. The fourth-order valence-electron chi connectivity index (χ4n) is 6.58. The Labute approximate surface area is 267 Å². The zero-order valence-corrected chi connectivity index (χ0v) is 26.3. The molecule has 1 N–H and O–H groups in total. The van der Waals surface area contributed by atoms with Crippen molar-refractivity contribution >= 4 is 40.0 Å². The van der Waals surface area contributed by atoms with Gasteiger partial charge in [0.05, 0.1) is 28.2 Å². The highest BCUT2D eigenvalue weighted by Gasteiger charge is 2.38. The van der Waals surface area contributed by atoms with Crippen LogP contribution < -0.4 is 14.8 Å². The maximum absolute atomic E-state index is 13.3. The number of nitrogens with zero attached hydrogens (tertiary/aromatic N) is 3. The molecule has 3 aliphatic heterocycles. The molecule has 0 unspecified atom stereocenters. The van der Waals surface area contributed by atoms with Gasteiger partial charge in [-0.2, -0.15) is 0 Å². The van der Waals surface area contributed by atoms with Gasteiger partial charge in [0.15, 0.2) is 0 Å². The number of piperazine rings is 1. The van der Waals surface area contributed by atoms with Gasteiger partial charge in [0.1, 0.15) is 23.9 Å². The third-order valence-electron chi connectivity index (χ3n) is 8.82. The highest BCUT2D eigenvalue weighted by molar-refractivity contribution is 6.42. The molecule has 0 spiro atoms. The molecule has 2 bridgehead atoms. The van der Waals surface area contributed by atoms with E-state index in [2.05, 4.69) is 19.7 Å². The lowest BCUT2D eigenvalue weighted by atomic mass is 9.90. The number of rotatable bonds is 12. The predicted octanol–water partition coefficient (Wildman–Crippen LogP) is 6.64. The van der Waals surface area contributed by atoms with Crippen LogP contribution in [0.25, 0.3) is 10.9 Å². The standard InChI is InChI=1S/C34H37Cl2FN4O3/c1-43-32-5-2-4-28-29(34(42)38-19-23-6-13-30(35)31(36)18-23)22-41(33(28)32)15-3-14-39-20-26-10-9-25(39)21-40(26)16-17-44-27-11-7-24(37)8-12-27/h2,4-8,11-13,18,22,25-26H,3,9-10,14-17,19-21H2,1H3,(H,38,42)/t25-,26-/m0/s1. The number of nitrogens with one attached hydrogen (secondary N) is 1. The van der Waals surface area contributed by atoms with E-state index in [4.69, 9.17) is 32.7 Å². The van der Waals surface area contributed by atoms with Gasteiger partial charge >= 0.3 is 0 Å². The Morgan fingerprint density at radius 3 is 2.41 bits per heavy atom. The summed E-state index contributed by atoms with van der Waals surface area (Å²) in [6, 6.07) is 18.5. The minimum Gasteiger partial charge on any atom is -0.495 e. The Morgan fingerprint density at radius 2 is 1.70 bits per heavy atom. The van der Waals surface area contributed by atoms with Crippen LogP contribution in [-0.4, -0.2) is 72.3 Å². The summed E-state index contributed by atoms with van der Waals surface area (Å²) in [7, 11) is 1.66. The van der Waals surface area contributed by atoms with E-state index in [1.54, 1.807) is 31.4 Å². The van der Waals surface area contributed by atoms with Crippen LogP contribution in [-0.2, 0) is 13.1 Å². The van der Waals surface area contributed by atoms with Gasteiger partial charge in [0.25, 0.3) is 5.91 Å². The SMILES string of the molecule is COc1cccc2c(C(=O)NCc3ccc(Cl)c(Cl)c3)cn(CCCN3C[C@@H]4CC[C@H]3CN4CCOc3ccc(F)cc3)c12. The lowest BCUT2D eigenvalue weighted by Gasteiger charge is -2.51. The molecule has 4 aromatic rings. The summed E-state index contributed by atoms with van der Waals surface area (Å²) in [4.78, 5) is 18.5. The number of para-hydroxylation sites is 1. The van der Waals surface area contributed by atoms with Crippen molar-refractivity contribution in [2.45, 2.75) is 44.4 Å². The second-order valence-corrected chi connectivity index (χ2v) is 12.4. The Bertz CT molecular complexity index is 1610. The number of methoxy groups -OCH3 is 1. The van der Waals surface area contributed by atoms with Crippen LogP contribution in [0.4, 0.5) is 4.39 Å². The van der Waals surface area contributed by atoms with Crippen molar-refractivity contribution in [1.29, 1.82) is 0 Å². The maximum Gasteiger partial charge on any atom is 0.253 e. The van der Waals surface area contributed by atoms with Crippen LogP contribution in [0.15, 0.2) is 66.9 Å².